The second kappa shape index (κ2) is 8.74. The molecule has 0 fully saturated rings. The van der Waals surface area contributed by atoms with Gasteiger partial charge in [0.05, 0.1) is 0 Å². The quantitative estimate of drug-likeness (QED) is 0.300. The Morgan fingerprint density at radius 1 is 0.900 bits per heavy atom. The molecule has 152 valence electrons. The van der Waals surface area contributed by atoms with Gasteiger partial charge in [0.2, 0.25) is 11.8 Å². The molecule has 0 atom stereocenters. The molecule has 0 unspecified atom stereocenters. The van der Waals surface area contributed by atoms with Crippen molar-refractivity contribution in [2.24, 2.45) is 11.5 Å². The van der Waals surface area contributed by atoms with Gasteiger partial charge in [0, 0.05) is 24.2 Å². The van der Waals surface area contributed by atoms with Gasteiger partial charge >= 0.3 is 0 Å². The van der Waals surface area contributed by atoms with E-state index in [-0.39, 0.29) is 34.9 Å². The van der Waals surface area contributed by atoms with Crippen molar-refractivity contribution in [2.75, 3.05) is 7.05 Å². The number of carbonyl (C=O) groups is 1. The number of ether oxygens (including phenoxy) is 2. The molecular weight excluding hydrogens is 384 g/mol. The predicted octanol–water partition coefficient (Wildman–Crippen LogP) is 2.59. The Balaban J connectivity index is 1.95. The van der Waals surface area contributed by atoms with Crippen molar-refractivity contribution in [1.82, 2.24) is 10.3 Å². The van der Waals surface area contributed by atoms with E-state index in [1.54, 1.807) is 48.5 Å². The van der Waals surface area contributed by atoms with Crippen LogP contribution in [0.2, 0.25) is 0 Å². The van der Waals surface area contributed by atoms with Gasteiger partial charge in [0.25, 0.3) is 5.91 Å². The van der Waals surface area contributed by atoms with Crippen molar-refractivity contribution in [3.8, 4) is 23.3 Å². The molecule has 0 saturated carbocycles. The summed E-state index contributed by atoms with van der Waals surface area (Å²) in [7, 11) is 1.50. The highest BCUT2D eigenvalue weighted by Gasteiger charge is 2.16. The first-order chi connectivity index (χ1) is 14.4. The lowest BCUT2D eigenvalue weighted by Gasteiger charge is -2.12. The van der Waals surface area contributed by atoms with Crippen molar-refractivity contribution in [2.45, 2.75) is 0 Å². The van der Waals surface area contributed by atoms with E-state index in [0.29, 0.717) is 22.6 Å². The van der Waals surface area contributed by atoms with Crippen molar-refractivity contribution >= 4 is 17.6 Å². The van der Waals surface area contributed by atoms with E-state index in [9.17, 15) is 4.79 Å². The fraction of sp³-hybridized carbons (Fsp3) is 0.0476. The van der Waals surface area contributed by atoms with Crippen LogP contribution >= 0.6 is 0 Å². The van der Waals surface area contributed by atoms with Crippen molar-refractivity contribution < 1.29 is 14.3 Å². The van der Waals surface area contributed by atoms with E-state index in [1.807, 2.05) is 0 Å². The number of carbonyl (C=O) groups excluding carboxylic acids is 1. The summed E-state index contributed by atoms with van der Waals surface area (Å²) in [6.07, 6.45) is 0. The zero-order valence-electron chi connectivity index (χ0n) is 16.1. The summed E-state index contributed by atoms with van der Waals surface area (Å²) in [6.45, 7) is 0. The number of hydrogen-bond donors (Lipinski definition) is 5. The third-order valence-corrected chi connectivity index (χ3v) is 4.03. The number of nitrogens with zero attached hydrogens (tertiary/aromatic N) is 1. The van der Waals surface area contributed by atoms with Gasteiger partial charge in [-0.05, 0) is 30.3 Å². The lowest BCUT2D eigenvalue weighted by molar-refractivity contribution is 0.0960. The Kier molecular flexibility index (Phi) is 5.92. The zero-order chi connectivity index (χ0) is 21.7. The summed E-state index contributed by atoms with van der Waals surface area (Å²) in [6, 6.07) is 16.3. The van der Waals surface area contributed by atoms with Crippen LogP contribution in [-0.2, 0) is 0 Å². The van der Waals surface area contributed by atoms with Crippen molar-refractivity contribution in [3.63, 3.8) is 0 Å². The lowest BCUT2D eigenvalue weighted by Crippen LogP contribution is -2.19. The largest absolute Gasteiger partial charge is 0.439 e. The van der Waals surface area contributed by atoms with Gasteiger partial charge in [-0.25, -0.2) is 0 Å². The molecule has 30 heavy (non-hydrogen) atoms. The molecule has 0 bridgehead atoms. The van der Waals surface area contributed by atoms with E-state index in [1.165, 1.54) is 19.2 Å². The second-order valence-corrected chi connectivity index (χ2v) is 6.17. The van der Waals surface area contributed by atoms with Gasteiger partial charge in [-0.3, -0.25) is 15.6 Å². The summed E-state index contributed by atoms with van der Waals surface area (Å²) < 4.78 is 11.6. The van der Waals surface area contributed by atoms with Gasteiger partial charge in [0.1, 0.15) is 28.7 Å². The molecule has 1 heterocycles. The first-order valence-corrected chi connectivity index (χ1v) is 8.85. The van der Waals surface area contributed by atoms with E-state index in [0.717, 1.165) is 0 Å². The fourth-order valence-corrected chi connectivity index (χ4v) is 2.55. The number of pyridine rings is 1. The SMILES string of the molecule is CNC(=O)c1ccc(Oc2cccc(C(=N)N)c2)nc1Oc1cccc(C(=N)N)c1. The highest BCUT2D eigenvalue weighted by molar-refractivity contribution is 5.97. The molecule has 3 aromatic rings. The predicted molar refractivity (Wildman–Crippen MR) is 113 cm³/mol. The highest BCUT2D eigenvalue weighted by Crippen LogP contribution is 2.29. The van der Waals surface area contributed by atoms with Crippen LogP contribution in [0, 0.1) is 10.8 Å². The Bertz CT molecular complexity index is 1130. The maximum Gasteiger partial charge on any atom is 0.256 e. The fourth-order valence-electron chi connectivity index (χ4n) is 2.55. The molecule has 0 aliphatic carbocycles. The molecule has 0 radical (unpaired) electrons. The molecule has 7 N–H and O–H groups in total. The van der Waals surface area contributed by atoms with Crippen molar-refractivity contribution in [3.05, 3.63) is 77.4 Å². The number of nitrogens with two attached hydrogens (primary N) is 2. The summed E-state index contributed by atoms with van der Waals surface area (Å²) in [5.74, 6) is 0.408. The van der Waals surface area contributed by atoms with Crippen LogP contribution in [0.15, 0.2) is 60.7 Å². The molecule has 0 aliphatic rings. The molecule has 0 aliphatic heterocycles. The first kappa shape index (κ1) is 20.3. The number of hydrogen-bond acceptors (Lipinski definition) is 6. The van der Waals surface area contributed by atoms with Crippen LogP contribution in [0.4, 0.5) is 0 Å². The summed E-state index contributed by atoms with van der Waals surface area (Å²) in [5, 5.41) is 17.6. The van der Waals surface area contributed by atoms with E-state index in [2.05, 4.69) is 10.3 Å². The number of amidine groups is 2. The Hall–Kier alpha value is -4.40. The zero-order valence-corrected chi connectivity index (χ0v) is 16.1. The minimum Gasteiger partial charge on any atom is -0.439 e. The van der Waals surface area contributed by atoms with Crippen LogP contribution in [0.5, 0.6) is 23.3 Å². The van der Waals surface area contributed by atoms with E-state index in [4.69, 9.17) is 31.8 Å². The topological polar surface area (TPSA) is 160 Å². The van der Waals surface area contributed by atoms with Crippen LogP contribution in [0.25, 0.3) is 0 Å². The summed E-state index contributed by atoms with van der Waals surface area (Å²) in [5.41, 5.74) is 12.2. The van der Waals surface area contributed by atoms with E-state index >= 15 is 0 Å². The number of amides is 1. The van der Waals surface area contributed by atoms with Gasteiger partial charge in [-0.15, -0.1) is 0 Å². The summed E-state index contributed by atoms with van der Waals surface area (Å²) >= 11 is 0. The molecule has 3 rings (SSSR count). The molecule has 9 nitrogen and oxygen atoms in total. The number of nitrogen functional groups attached to an aromatic ring is 2. The Labute approximate surface area is 172 Å². The minimum absolute atomic E-state index is 0.0234. The van der Waals surface area contributed by atoms with E-state index < -0.39 is 0 Å². The van der Waals surface area contributed by atoms with Crippen molar-refractivity contribution in [1.29, 1.82) is 10.8 Å². The Morgan fingerprint density at radius 3 is 2.00 bits per heavy atom. The van der Waals surface area contributed by atoms with Crippen LogP contribution in [0.3, 0.4) is 0 Å². The lowest BCUT2D eigenvalue weighted by atomic mass is 10.2. The number of nitrogens with one attached hydrogen (secondary N) is 3. The minimum atomic E-state index is -0.384. The van der Waals surface area contributed by atoms with Crippen LogP contribution < -0.4 is 26.3 Å². The van der Waals surface area contributed by atoms with Gasteiger partial charge in [-0.1, -0.05) is 24.3 Å². The van der Waals surface area contributed by atoms with Crippen LogP contribution in [0.1, 0.15) is 21.5 Å². The maximum absolute atomic E-state index is 12.2. The summed E-state index contributed by atoms with van der Waals surface area (Å²) in [4.78, 5) is 16.5. The average Bonchev–Trinajstić information content (AvgIpc) is 2.74. The van der Waals surface area contributed by atoms with Crippen LogP contribution in [-0.4, -0.2) is 29.6 Å². The molecule has 2 aromatic carbocycles. The smallest absolute Gasteiger partial charge is 0.256 e. The maximum atomic E-state index is 12.2. The molecule has 0 spiro atoms. The number of rotatable bonds is 7. The molecular formula is C21H20N6O3. The van der Waals surface area contributed by atoms with Gasteiger partial charge in [0.15, 0.2) is 0 Å². The monoisotopic (exact) mass is 404 g/mol. The third-order valence-electron chi connectivity index (χ3n) is 4.03. The molecule has 1 amide bonds. The van der Waals surface area contributed by atoms with Gasteiger partial charge in [-0.2, -0.15) is 4.98 Å². The Morgan fingerprint density at radius 2 is 1.47 bits per heavy atom. The normalized spacial score (nSPS) is 10.2. The molecule has 1 aromatic heterocycles. The van der Waals surface area contributed by atoms with Gasteiger partial charge < -0.3 is 26.3 Å². The average molecular weight is 404 g/mol. The molecule has 9 heteroatoms. The third kappa shape index (κ3) is 4.71. The second-order valence-electron chi connectivity index (χ2n) is 6.17. The number of benzene rings is 2. The standard InChI is InChI=1S/C21H20N6O3/c1-26-20(28)16-8-9-17(29-14-6-2-4-12(10-14)18(22)23)27-21(16)30-15-7-3-5-13(11-15)19(24)25/h2-11H,1H3,(H3,22,23)(H3,24,25)(H,26,28). The number of aromatic nitrogens is 1. The highest BCUT2D eigenvalue weighted by atomic mass is 16.5. The first-order valence-electron chi connectivity index (χ1n) is 8.85. The molecule has 0 saturated heterocycles.